The number of hydrogen-bond donors (Lipinski definition) is 2. The first-order chi connectivity index (χ1) is 17.4. The average Bonchev–Trinajstić information content (AvgIpc) is 3.34. The zero-order chi connectivity index (χ0) is 25.5. The molecule has 2 N–H and O–H groups in total. The standard InChI is InChI=1S/C27H37N5O4/c1-3-32-23(19-22(30-32)21-9-5-4-6-10-21)25(34)31-15-12-27(13-16-31)11-7-8-17-36-18-14-28-24(33)20(2)29-26(27)35/h4-6,9-10,19-20H,3,7-8,11-18H2,1-2H3,(H,28,33)(H,29,35)/t20-/m0/s1. The number of nitrogens with zero attached hydrogens (tertiary/aromatic N) is 3. The molecule has 2 aromatic rings. The first kappa shape index (κ1) is 25.9. The molecule has 2 aliphatic heterocycles. The minimum absolute atomic E-state index is 0.0624. The Bertz CT molecular complexity index is 1060. The van der Waals surface area contributed by atoms with E-state index in [0.29, 0.717) is 64.3 Å². The fourth-order valence-electron chi connectivity index (χ4n) is 5.05. The molecule has 1 aromatic heterocycles. The first-order valence-electron chi connectivity index (χ1n) is 13.0. The quantitative estimate of drug-likeness (QED) is 0.681. The number of hydrogen-bond acceptors (Lipinski definition) is 5. The molecule has 9 nitrogen and oxygen atoms in total. The van der Waals surface area contributed by atoms with Crippen molar-refractivity contribution in [3.05, 3.63) is 42.1 Å². The van der Waals surface area contributed by atoms with Crippen molar-refractivity contribution in [1.29, 1.82) is 0 Å². The molecule has 0 bridgehead atoms. The predicted octanol–water partition coefficient (Wildman–Crippen LogP) is 2.61. The van der Waals surface area contributed by atoms with Crippen molar-refractivity contribution in [1.82, 2.24) is 25.3 Å². The minimum atomic E-state index is -0.620. The van der Waals surface area contributed by atoms with Crippen molar-refractivity contribution >= 4 is 17.7 Å². The van der Waals surface area contributed by atoms with Crippen molar-refractivity contribution in [3.8, 4) is 11.3 Å². The fraction of sp³-hybridized carbons (Fsp3) is 0.556. The summed E-state index contributed by atoms with van der Waals surface area (Å²) in [6.07, 6.45) is 3.56. The van der Waals surface area contributed by atoms with E-state index in [1.807, 2.05) is 48.2 Å². The number of nitrogens with one attached hydrogen (secondary N) is 2. The van der Waals surface area contributed by atoms with Gasteiger partial charge in [0.1, 0.15) is 11.7 Å². The number of benzene rings is 1. The highest BCUT2D eigenvalue weighted by molar-refractivity contribution is 5.94. The van der Waals surface area contributed by atoms with Gasteiger partial charge in [-0.2, -0.15) is 5.10 Å². The van der Waals surface area contributed by atoms with E-state index in [2.05, 4.69) is 15.7 Å². The van der Waals surface area contributed by atoms with Crippen LogP contribution in [0.3, 0.4) is 0 Å². The second-order valence-corrected chi connectivity index (χ2v) is 9.72. The molecule has 0 unspecified atom stereocenters. The summed E-state index contributed by atoms with van der Waals surface area (Å²) in [5, 5.41) is 10.4. The Morgan fingerprint density at radius 1 is 1.11 bits per heavy atom. The zero-order valence-corrected chi connectivity index (χ0v) is 21.3. The lowest BCUT2D eigenvalue weighted by atomic mass is 9.73. The predicted molar refractivity (Wildman–Crippen MR) is 136 cm³/mol. The van der Waals surface area contributed by atoms with Gasteiger partial charge in [0.2, 0.25) is 11.8 Å². The maximum atomic E-state index is 13.5. The van der Waals surface area contributed by atoms with Gasteiger partial charge in [-0.05, 0) is 45.6 Å². The summed E-state index contributed by atoms with van der Waals surface area (Å²) in [5.74, 6) is -0.369. The first-order valence-corrected chi connectivity index (χ1v) is 13.0. The van der Waals surface area contributed by atoms with E-state index in [1.165, 1.54) is 0 Å². The Labute approximate surface area is 212 Å². The van der Waals surface area contributed by atoms with Crippen LogP contribution in [0.5, 0.6) is 0 Å². The molecule has 3 amide bonds. The molecule has 194 valence electrons. The number of amides is 3. The molecule has 3 heterocycles. The van der Waals surface area contributed by atoms with Crippen LogP contribution in [0, 0.1) is 5.41 Å². The molecule has 2 fully saturated rings. The summed E-state index contributed by atoms with van der Waals surface area (Å²) >= 11 is 0. The van der Waals surface area contributed by atoms with Crippen molar-refractivity contribution in [2.24, 2.45) is 5.41 Å². The van der Waals surface area contributed by atoms with Crippen LogP contribution < -0.4 is 10.6 Å². The topological polar surface area (TPSA) is 106 Å². The molecule has 36 heavy (non-hydrogen) atoms. The van der Waals surface area contributed by atoms with Gasteiger partial charge in [-0.3, -0.25) is 19.1 Å². The smallest absolute Gasteiger partial charge is 0.272 e. The molecular formula is C27H37N5O4. The van der Waals surface area contributed by atoms with Gasteiger partial charge in [0.15, 0.2) is 0 Å². The molecule has 9 heteroatoms. The maximum Gasteiger partial charge on any atom is 0.272 e. The van der Waals surface area contributed by atoms with E-state index < -0.39 is 11.5 Å². The highest BCUT2D eigenvalue weighted by Crippen LogP contribution is 2.38. The van der Waals surface area contributed by atoms with E-state index in [1.54, 1.807) is 11.6 Å². The lowest BCUT2D eigenvalue weighted by Crippen LogP contribution is -2.54. The summed E-state index contributed by atoms with van der Waals surface area (Å²) in [6.45, 7) is 6.75. The largest absolute Gasteiger partial charge is 0.380 e. The lowest BCUT2D eigenvalue weighted by Gasteiger charge is -2.41. The van der Waals surface area contributed by atoms with E-state index in [-0.39, 0.29) is 17.7 Å². The van der Waals surface area contributed by atoms with E-state index in [0.717, 1.165) is 24.1 Å². The van der Waals surface area contributed by atoms with Crippen LogP contribution in [-0.2, 0) is 20.9 Å². The Kier molecular flexibility index (Phi) is 8.40. The summed E-state index contributed by atoms with van der Waals surface area (Å²) in [4.78, 5) is 41.1. The van der Waals surface area contributed by atoms with Gasteiger partial charge in [0.25, 0.3) is 5.91 Å². The second kappa shape index (κ2) is 11.7. The molecule has 1 aromatic carbocycles. The SMILES string of the molecule is CCn1nc(-c2ccccc2)cc1C(=O)N1CCC2(CCCCOCCNC(=O)[C@H](C)NC2=O)CC1. The number of ether oxygens (including phenoxy) is 1. The zero-order valence-electron chi connectivity index (χ0n) is 21.3. The van der Waals surface area contributed by atoms with E-state index in [9.17, 15) is 14.4 Å². The number of piperidine rings is 1. The monoisotopic (exact) mass is 495 g/mol. The van der Waals surface area contributed by atoms with Crippen molar-refractivity contribution in [2.75, 3.05) is 32.8 Å². The highest BCUT2D eigenvalue weighted by Gasteiger charge is 2.43. The molecule has 0 saturated carbocycles. The number of aryl methyl sites for hydroxylation is 1. The molecule has 0 aliphatic carbocycles. The highest BCUT2D eigenvalue weighted by atomic mass is 16.5. The van der Waals surface area contributed by atoms with E-state index >= 15 is 0 Å². The third kappa shape index (κ3) is 5.78. The Morgan fingerprint density at radius 3 is 2.58 bits per heavy atom. The van der Waals surface area contributed by atoms with Crippen LogP contribution in [0.2, 0.25) is 0 Å². The van der Waals surface area contributed by atoms with Crippen LogP contribution in [0.1, 0.15) is 56.4 Å². The summed E-state index contributed by atoms with van der Waals surface area (Å²) < 4.78 is 7.36. The Morgan fingerprint density at radius 2 is 1.86 bits per heavy atom. The molecule has 1 spiro atoms. The van der Waals surface area contributed by atoms with Gasteiger partial charge < -0.3 is 20.3 Å². The number of likely N-dealkylation sites (tertiary alicyclic amines) is 1. The number of carbonyl (C=O) groups is 3. The minimum Gasteiger partial charge on any atom is -0.380 e. The molecule has 0 radical (unpaired) electrons. The Balaban J connectivity index is 1.48. The molecule has 2 aliphatic rings. The second-order valence-electron chi connectivity index (χ2n) is 9.72. The molecule has 1 atom stereocenters. The van der Waals surface area contributed by atoms with Crippen LogP contribution >= 0.6 is 0 Å². The van der Waals surface area contributed by atoms with Crippen LogP contribution in [-0.4, -0.2) is 71.3 Å². The van der Waals surface area contributed by atoms with Gasteiger partial charge in [0, 0.05) is 38.3 Å². The van der Waals surface area contributed by atoms with Crippen LogP contribution in [0.25, 0.3) is 11.3 Å². The van der Waals surface area contributed by atoms with Gasteiger partial charge in [-0.1, -0.05) is 36.8 Å². The Hall–Kier alpha value is -3.20. The molecular weight excluding hydrogens is 458 g/mol. The third-order valence-electron chi connectivity index (χ3n) is 7.34. The van der Waals surface area contributed by atoms with E-state index in [4.69, 9.17) is 4.74 Å². The van der Waals surface area contributed by atoms with Crippen molar-refractivity contribution in [2.45, 2.75) is 58.5 Å². The van der Waals surface area contributed by atoms with Gasteiger partial charge in [0.05, 0.1) is 17.7 Å². The summed E-state index contributed by atoms with van der Waals surface area (Å²) in [7, 11) is 0. The van der Waals surface area contributed by atoms with Crippen molar-refractivity contribution < 1.29 is 19.1 Å². The van der Waals surface area contributed by atoms with Crippen molar-refractivity contribution in [3.63, 3.8) is 0 Å². The van der Waals surface area contributed by atoms with Gasteiger partial charge in [-0.25, -0.2) is 0 Å². The normalized spacial score (nSPS) is 21.6. The maximum absolute atomic E-state index is 13.5. The third-order valence-corrected chi connectivity index (χ3v) is 7.34. The van der Waals surface area contributed by atoms with Gasteiger partial charge in [-0.15, -0.1) is 0 Å². The summed E-state index contributed by atoms with van der Waals surface area (Å²) in [6, 6.07) is 11.1. The number of rotatable bonds is 3. The number of carbonyl (C=O) groups excluding carboxylic acids is 3. The number of aromatic nitrogens is 2. The van der Waals surface area contributed by atoms with Crippen LogP contribution in [0.15, 0.2) is 36.4 Å². The summed E-state index contributed by atoms with van der Waals surface area (Å²) in [5.41, 5.74) is 1.71. The molecule has 4 rings (SSSR count). The van der Waals surface area contributed by atoms with Crippen LogP contribution in [0.4, 0.5) is 0 Å². The fourth-order valence-corrected chi connectivity index (χ4v) is 5.05. The van der Waals surface area contributed by atoms with Gasteiger partial charge >= 0.3 is 0 Å². The average molecular weight is 496 g/mol. The lowest BCUT2D eigenvalue weighted by molar-refractivity contribution is -0.137. The molecule has 2 saturated heterocycles.